The Bertz CT molecular complexity index is 563. The van der Waals surface area contributed by atoms with Gasteiger partial charge in [0, 0.05) is 13.6 Å². The van der Waals surface area contributed by atoms with Gasteiger partial charge in [-0.15, -0.1) is 0 Å². The van der Waals surface area contributed by atoms with Gasteiger partial charge < -0.3 is 5.11 Å². The molecule has 6 heteroatoms. The van der Waals surface area contributed by atoms with E-state index in [1.165, 1.54) is 14.0 Å². The Balaban J connectivity index is 2.95. The number of sulfonamides is 1. The second-order valence-electron chi connectivity index (χ2n) is 5.25. The molecule has 0 spiro atoms. The van der Waals surface area contributed by atoms with E-state index in [0.717, 1.165) is 9.87 Å². The van der Waals surface area contributed by atoms with Crippen LogP contribution in [0.5, 0.6) is 0 Å². The van der Waals surface area contributed by atoms with Gasteiger partial charge in [0.15, 0.2) is 0 Å². The highest BCUT2D eigenvalue weighted by Crippen LogP contribution is 2.20. The Hall–Kier alpha value is -1.40. The van der Waals surface area contributed by atoms with Gasteiger partial charge in [0.05, 0.1) is 10.8 Å². The van der Waals surface area contributed by atoms with Gasteiger partial charge in [-0.05, 0) is 23.6 Å². The summed E-state index contributed by atoms with van der Waals surface area (Å²) in [6.07, 6.45) is 0. The highest BCUT2D eigenvalue weighted by Gasteiger charge is 2.24. The zero-order valence-electron chi connectivity index (χ0n) is 12.2. The molecule has 1 atom stereocenters. The average molecular weight is 299 g/mol. The summed E-state index contributed by atoms with van der Waals surface area (Å²) in [5, 5.41) is 8.84. The highest BCUT2D eigenvalue weighted by atomic mass is 32.2. The minimum Gasteiger partial charge on any atom is -0.481 e. The van der Waals surface area contributed by atoms with Crippen molar-refractivity contribution in [1.29, 1.82) is 0 Å². The van der Waals surface area contributed by atoms with Crippen LogP contribution in [0.1, 0.15) is 32.3 Å². The van der Waals surface area contributed by atoms with E-state index >= 15 is 0 Å². The first-order chi connectivity index (χ1) is 9.16. The third kappa shape index (κ3) is 3.80. The molecule has 0 fully saturated rings. The molecule has 1 N–H and O–H groups in total. The van der Waals surface area contributed by atoms with Crippen molar-refractivity contribution in [3.63, 3.8) is 0 Å². The number of hydrogen-bond acceptors (Lipinski definition) is 3. The topological polar surface area (TPSA) is 74.7 Å². The molecule has 0 bridgehead atoms. The lowest BCUT2D eigenvalue weighted by atomic mass is 10.0. The molecule has 0 aliphatic rings. The van der Waals surface area contributed by atoms with E-state index in [2.05, 4.69) is 0 Å². The molecule has 20 heavy (non-hydrogen) atoms. The maximum absolute atomic E-state index is 12.3. The Morgan fingerprint density at radius 3 is 2.10 bits per heavy atom. The van der Waals surface area contributed by atoms with Crippen molar-refractivity contribution in [2.45, 2.75) is 31.6 Å². The number of hydrogen-bond donors (Lipinski definition) is 1. The number of rotatable bonds is 6. The van der Waals surface area contributed by atoms with Crippen LogP contribution in [0.2, 0.25) is 0 Å². The van der Waals surface area contributed by atoms with Gasteiger partial charge in [-0.2, -0.15) is 0 Å². The summed E-state index contributed by atoms with van der Waals surface area (Å²) in [5.41, 5.74) is 1.06. The molecule has 1 aromatic carbocycles. The van der Waals surface area contributed by atoms with E-state index in [0.29, 0.717) is 5.92 Å². The smallest absolute Gasteiger partial charge is 0.307 e. The highest BCUT2D eigenvalue weighted by molar-refractivity contribution is 7.89. The standard InChI is InChI=1S/C14H21NO4S/c1-10(2)12-5-7-13(8-6-12)20(18,19)15(4)9-11(3)14(16)17/h5-8,10-11H,9H2,1-4H3,(H,16,17). The molecule has 0 aromatic heterocycles. The van der Waals surface area contributed by atoms with Crippen molar-refractivity contribution in [3.8, 4) is 0 Å². The second-order valence-corrected chi connectivity index (χ2v) is 7.29. The lowest BCUT2D eigenvalue weighted by Crippen LogP contribution is -2.33. The number of carboxylic acids is 1. The lowest BCUT2D eigenvalue weighted by molar-refractivity contribution is -0.141. The van der Waals surface area contributed by atoms with Crippen LogP contribution in [-0.4, -0.2) is 37.4 Å². The van der Waals surface area contributed by atoms with Crippen LogP contribution in [0.3, 0.4) is 0 Å². The van der Waals surface area contributed by atoms with Gasteiger partial charge in [-0.3, -0.25) is 4.79 Å². The molecule has 0 radical (unpaired) electrons. The summed E-state index contributed by atoms with van der Waals surface area (Å²) in [6.45, 7) is 5.49. The molecule has 0 saturated heterocycles. The fourth-order valence-corrected chi connectivity index (χ4v) is 3.03. The minimum absolute atomic E-state index is 0.0520. The van der Waals surface area contributed by atoms with E-state index < -0.39 is 21.9 Å². The maximum Gasteiger partial charge on any atom is 0.307 e. The summed E-state index contributed by atoms with van der Waals surface area (Å²) in [4.78, 5) is 11.0. The van der Waals surface area contributed by atoms with Gasteiger partial charge in [-0.1, -0.05) is 32.9 Å². The number of carbonyl (C=O) groups is 1. The van der Waals surface area contributed by atoms with Gasteiger partial charge in [-0.25, -0.2) is 12.7 Å². The summed E-state index contributed by atoms with van der Waals surface area (Å²) >= 11 is 0. The summed E-state index contributed by atoms with van der Waals surface area (Å²) in [5.74, 6) is -1.43. The molecule has 112 valence electrons. The van der Waals surface area contributed by atoms with Gasteiger partial charge in [0.25, 0.3) is 0 Å². The number of carboxylic acid groups (broad SMARTS) is 1. The summed E-state index contributed by atoms with van der Waals surface area (Å²) < 4.78 is 25.7. The molecule has 0 aliphatic carbocycles. The van der Waals surface area contributed by atoms with E-state index in [1.807, 2.05) is 13.8 Å². The van der Waals surface area contributed by atoms with Gasteiger partial charge in [0.2, 0.25) is 10.0 Å². The fraction of sp³-hybridized carbons (Fsp3) is 0.500. The number of benzene rings is 1. The SMILES string of the molecule is CC(CN(C)S(=O)(=O)c1ccc(C(C)C)cc1)C(=O)O. The zero-order valence-corrected chi connectivity index (χ0v) is 13.0. The normalized spacial score (nSPS) is 13.7. The number of aliphatic carboxylic acids is 1. The Kier molecular flexibility index (Phi) is 5.30. The first-order valence-electron chi connectivity index (χ1n) is 6.45. The largest absolute Gasteiger partial charge is 0.481 e. The molecular formula is C14H21NO4S. The first-order valence-corrected chi connectivity index (χ1v) is 7.89. The predicted molar refractivity (Wildman–Crippen MR) is 77.1 cm³/mol. The Labute approximate surface area is 120 Å². The molecule has 0 heterocycles. The van der Waals surface area contributed by atoms with Crippen LogP contribution in [0.4, 0.5) is 0 Å². The van der Waals surface area contributed by atoms with Gasteiger partial charge >= 0.3 is 5.97 Å². The van der Waals surface area contributed by atoms with Crippen molar-refractivity contribution >= 4 is 16.0 Å². The van der Waals surface area contributed by atoms with E-state index in [9.17, 15) is 13.2 Å². The minimum atomic E-state index is -3.64. The monoisotopic (exact) mass is 299 g/mol. The molecule has 1 unspecified atom stereocenters. The van der Waals surface area contributed by atoms with Crippen molar-refractivity contribution < 1.29 is 18.3 Å². The number of nitrogens with zero attached hydrogens (tertiary/aromatic N) is 1. The first kappa shape index (κ1) is 16.7. The van der Waals surface area contributed by atoms with E-state index in [1.54, 1.807) is 24.3 Å². The van der Waals surface area contributed by atoms with Crippen LogP contribution < -0.4 is 0 Å². The Morgan fingerprint density at radius 2 is 1.70 bits per heavy atom. The Morgan fingerprint density at radius 1 is 1.20 bits per heavy atom. The van der Waals surface area contributed by atoms with Crippen molar-refractivity contribution in [3.05, 3.63) is 29.8 Å². The van der Waals surface area contributed by atoms with Crippen LogP contribution in [0.25, 0.3) is 0 Å². The maximum atomic E-state index is 12.3. The van der Waals surface area contributed by atoms with Crippen LogP contribution in [0, 0.1) is 5.92 Å². The summed E-state index contributed by atoms with van der Waals surface area (Å²) in [6, 6.07) is 6.69. The molecule has 1 rings (SSSR count). The fourth-order valence-electron chi connectivity index (χ4n) is 1.77. The molecule has 0 amide bonds. The molecular weight excluding hydrogens is 278 g/mol. The second kappa shape index (κ2) is 6.37. The molecule has 0 saturated carbocycles. The zero-order chi connectivity index (χ0) is 15.5. The molecule has 0 aliphatic heterocycles. The third-order valence-corrected chi connectivity index (χ3v) is 5.05. The van der Waals surface area contributed by atoms with Crippen molar-refractivity contribution in [1.82, 2.24) is 4.31 Å². The lowest BCUT2D eigenvalue weighted by Gasteiger charge is -2.19. The summed E-state index contributed by atoms with van der Waals surface area (Å²) in [7, 11) is -2.25. The van der Waals surface area contributed by atoms with Gasteiger partial charge in [0.1, 0.15) is 0 Å². The van der Waals surface area contributed by atoms with Crippen LogP contribution in [-0.2, 0) is 14.8 Å². The molecule has 5 nitrogen and oxygen atoms in total. The predicted octanol–water partition coefficient (Wildman–Crippen LogP) is 2.15. The quantitative estimate of drug-likeness (QED) is 0.873. The van der Waals surface area contributed by atoms with Crippen LogP contribution >= 0.6 is 0 Å². The molecule has 1 aromatic rings. The third-order valence-electron chi connectivity index (χ3n) is 3.21. The van der Waals surface area contributed by atoms with Crippen molar-refractivity contribution in [2.24, 2.45) is 5.92 Å². The van der Waals surface area contributed by atoms with E-state index in [-0.39, 0.29) is 11.4 Å². The average Bonchev–Trinajstić information content (AvgIpc) is 2.38. The van der Waals surface area contributed by atoms with Crippen molar-refractivity contribution in [2.75, 3.05) is 13.6 Å². The van der Waals surface area contributed by atoms with E-state index in [4.69, 9.17) is 5.11 Å². The van der Waals surface area contributed by atoms with Crippen LogP contribution in [0.15, 0.2) is 29.2 Å².